The van der Waals surface area contributed by atoms with Gasteiger partial charge in [0.15, 0.2) is 5.58 Å². The largest absolute Gasteiger partial charge is 0.454 e. The summed E-state index contributed by atoms with van der Waals surface area (Å²) in [6.45, 7) is 0. The second-order valence-electron chi connectivity index (χ2n) is 16.1. The van der Waals surface area contributed by atoms with Crippen LogP contribution in [0.3, 0.4) is 0 Å². The zero-order chi connectivity index (χ0) is 40.7. The molecule has 10 aromatic carbocycles. The predicted molar refractivity (Wildman–Crippen MR) is 260 cm³/mol. The molecule has 3 heterocycles. The fourth-order valence-electron chi connectivity index (χ4n) is 9.83. The summed E-state index contributed by atoms with van der Waals surface area (Å²) >= 11 is 0. The summed E-state index contributed by atoms with van der Waals surface area (Å²) < 4.78 is 11.4. The molecule has 0 amide bonds. The van der Waals surface area contributed by atoms with Crippen molar-refractivity contribution in [2.75, 3.05) is 4.90 Å². The van der Waals surface area contributed by atoms with E-state index in [0.29, 0.717) is 0 Å². The Bertz CT molecular complexity index is 3850. The van der Waals surface area contributed by atoms with Crippen LogP contribution in [0, 0.1) is 0 Å². The highest BCUT2D eigenvalue weighted by Gasteiger charge is 2.22. The zero-order valence-corrected chi connectivity index (χ0v) is 33.6. The number of nitrogens with zero attached hydrogens (tertiary/aromatic N) is 3. The lowest BCUT2D eigenvalue weighted by atomic mass is 10.0. The van der Waals surface area contributed by atoms with E-state index in [9.17, 15) is 0 Å². The first-order valence-corrected chi connectivity index (χ1v) is 21.2. The van der Waals surface area contributed by atoms with Crippen molar-refractivity contribution < 1.29 is 4.42 Å². The quantitative estimate of drug-likeness (QED) is 0.168. The number of para-hydroxylation sites is 5. The van der Waals surface area contributed by atoms with Crippen molar-refractivity contribution in [2.24, 2.45) is 0 Å². The number of furan rings is 1. The van der Waals surface area contributed by atoms with E-state index in [-0.39, 0.29) is 0 Å². The Balaban J connectivity index is 0.937. The zero-order valence-electron chi connectivity index (χ0n) is 33.6. The molecular weight excluding hydrogens is 755 g/mol. The predicted octanol–water partition coefficient (Wildman–Crippen LogP) is 16.1. The van der Waals surface area contributed by atoms with Gasteiger partial charge in [-0.1, -0.05) is 133 Å². The first kappa shape index (κ1) is 34.5. The molecule has 0 aliphatic carbocycles. The van der Waals surface area contributed by atoms with Gasteiger partial charge in [0.25, 0.3) is 0 Å². The summed E-state index contributed by atoms with van der Waals surface area (Å²) in [5, 5.41) is 9.63. The summed E-state index contributed by atoms with van der Waals surface area (Å²) in [7, 11) is 0. The van der Waals surface area contributed by atoms with Gasteiger partial charge in [-0.15, -0.1) is 0 Å². The molecule has 0 spiro atoms. The monoisotopic (exact) mass is 791 g/mol. The van der Waals surface area contributed by atoms with Crippen LogP contribution in [0.2, 0.25) is 0 Å². The van der Waals surface area contributed by atoms with Crippen molar-refractivity contribution in [3.63, 3.8) is 0 Å². The van der Waals surface area contributed by atoms with Crippen LogP contribution in [0.5, 0.6) is 0 Å². The van der Waals surface area contributed by atoms with Gasteiger partial charge >= 0.3 is 0 Å². The van der Waals surface area contributed by atoms with Gasteiger partial charge in [-0.05, 0) is 113 Å². The van der Waals surface area contributed by atoms with E-state index in [2.05, 4.69) is 232 Å². The molecule has 0 aliphatic heterocycles. The molecule has 0 N–H and O–H groups in total. The minimum absolute atomic E-state index is 0.859. The highest BCUT2D eigenvalue weighted by atomic mass is 16.3. The smallest absolute Gasteiger partial charge is 0.159 e. The first-order chi connectivity index (χ1) is 30.7. The normalized spacial score (nSPS) is 11.9. The van der Waals surface area contributed by atoms with Crippen molar-refractivity contribution in [1.29, 1.82) is 0 Å². The summed E-state index contributed by atoms with van der Waals surface area (Å²) in [5.41, 5.74) is 14.2. The Morgan fingerprint density at radius 3 is 1.60 bits per heavy atom. The summed E-state index contributed by atoms with van der Waals surface area (Å²) in [4.78, 5) is 2.34. The van der Waals surface area contributed by atoms with Crippen LogP contribution in [0.15, 0.2) is 229 Å². The molecule has 4 heteroatoms. The number of benzene rings is 10. The molecule has 0 radical (unpaired) electrons. The third kappa shape index (κ3) is 5.27. The molecule has 0 fully saturated rings. The van der Waals surface area contributed by atoms with Crippen molar-refractivity contribution in [3.8, 4) is 22.5 Å². The van der Waals surface area contributed by atoms with Crippen LogP contribution >= 0.6 is 0 Å². The number of anilines is 3. The minimum Gasteiger partial charge on any atom is -0.454 e. The SMILES string of the molecule is c1ccc(-n2c3ccccc3c3cc(N(c4ccc(-c5ccc(-n6c7ccccc7c7cc8ccccc8cc76)cc5)cc4)c4cccc5c4oc4ccccc45)ccc32)cc1. The van der Waals surface area contributed by atoms with Crippen molar-refractivity contribution in [1.82, 2.24) is 9.13 Å². The lowest BCUT2D eigenvalue weighted by Gasteiger charge is -2.26. The first-order valence-electron chi connectivity index (χ1n) is 21.2. The van der Waals surface area contributed by atoms with E-state index in [0.717, 1.165) is 67.0 Å². The third-order valence-corrected chi connectivity index (χ3v) is 12.7. The number of aromatic nitrogens is 2. The van der Waals surface area contributed by atoms with E-state index in [1.165, 1.54) is 48.9 Å². The number of hydrogen-bond donors (Lipinski definition) is 0. The Hall–Kier alpha value is -8.34. The van der Waals surface area contributed by atoms with E-state index in [1.807, 2.05) is 6.07 Å². The minimum atomic E-state index is 0.859. The van der Waals surface area contributed by atoms with Crippen LogP contribution < -0.4 is 4.90 Å². The topological polar surface area (TPSA) is 26.2 Å². The highest BCUT2D eigenvalue weighted by Crippen LogP contribution is 2.45. The van der Waals surface area contributed by atoms with E-state index >= 15 is 0 Å². The number of fused-ring (bicyclic) bond motifs is 10. The van der Waals surface area contributed by atoms with Gasteiger partial charge in [0.05, 0.1) is 27.8 Å². The van der Waals surface area contributed by atoms with E-state index in [4.69, 9.17) is 4.42 Å². The summed E-state index contributed by atoms with van der Waals surface area (Å²) in [6.07, 6.45) is 0. The molecule has 0 saturated carbocycles. The second-order valence-corrected chi connectivity index (χ2v) is 16.1. The van der Waals surface area contributed by atoms with Gasteiger partial charge < -0.3 is 18.5 Å². The maximum atomic E-state index is 6.69. The molecular formula is C58H37N3O. The van der Waals surface area contributed by atoms with Gasteiger partial charge in [0, 0.05) is 55.1 Å². The molecule has 0 bridgehead atoms. The van der Waals surface area contributed by atoms with Crippen LogP contribution in [-0.2, 0) is 0 Å². The summed E-state index contributed by atoms with van der Waals surface area (Å²) in [6, 6.07) is 80.9. The van der Waals surface area contributed by atoms with E-state index < -0.39 is 0 Å². The lowest BCUT2D eigenvalue weighted by molar-refractivity contribution is 0.669. The number of hydrogen-bond acceptors (Lipinski definition) is 2. The fourth-order valence-corrected chi connectivity index (χ4v) is 9.83. The van der Waals surface area contributed by atoms with Crippen LogP contribution in [0.4, 0.5) is 17.1 Å². The Kier molecular flexibility index (Phi) is 7.57. The van der Waals surface area contributed by atoms with Gasteiger partial charge in [0.1, 0.15) is 5.58 Å². The van der Waals surface area contributed by atoms with Gasteiger partial charge in [-0.25, -0.2) is 0 Å². The lowest BCUT2D eigenvalue weighted by Crippen LogP contribution is -2.10. The standard InChI is InChI=1S/C58H37N3O/c1-2-15-42(16-3-1)60-52-21-9-7-18-47(52)51-37-45(33-34-54(51)60)59(55-23-12-20-49-48-19-8-11-24-57(48)62-58(49)55)43-29-25-38(26-30-43)39-27-31-44(32-28-39)61-53-22-10-6-17-46(53)50-35-40-13-4-5-14-41(40)36-56(50)61/h1-37H. The maximum absolute atomic E-state index is 6.69. The summed E-state index contributed by atoms with van der Waals surface area (Å²) in [5.74, 6) is 0. The van der Waals surface area contributed by atoms with Crippen molar-refractivity contribution in [3.05, 3.63) is 224 Å². The molecule has 13 aromatic rings. The molecule has 3 aromatic heterocycles. The fraction of sp³-hybridized carbons (Fsp3) is 0. The number of rotatable bonds is 6. The van der Waals surface area contributed by atoms with Crippen molar-refractivity contribution in [2.45, 2.75) is 0 Å². The molecule has 290 valence electrons. The van der Waals surface area contributed by atoms with Gasteiger partial charge in [0.2, 0.25) is 0 Å². The van der Waals surface area contributed by atoms with Gasteiger partial charge in [-0.3, -0.25) is 0 Å². The average Bonchev–Trinajstić information content (AvgIpc) is 3.99. The molecule has 0 atom stereocenters. The molecule has 0 unspecified atom stereocenters. The molecule has 0 saturated heterocycles. The highest BCUT2D eigenvalue weighted by molar-refractivity contribution is 6.15. The third-order valence-electron chi connectivity index (χ3n) is 12.7. The Labute approximate surface area is 357 Å². The van der Waals surface area contributed by atoms with Gasteiger partial charge in [-0.2, -0.15) is 0 Å². The van der Waals surface area contributed by atoms with Crippen LogP contribution in [-0.4, -0.2) is 9.13 Å². The van der Waals surface area contributed by atoms with Crippen LogP contribution in [0.25, 0.3) is 98.8 Å². The van der Waals surface area contributed by atoms with Crippen LogP contribution in [0.1, 0.15) is 0 Å². The molecule has 0 aliphatic rings. The molecule has 4 nitrogen and oxygen atoms in total. The van der Waals surface area contributed by atoms with Crippen molar-refractivity contribution >= 4 is 93.4 Å². The second kappa shape index (κ2) is 13.6. The molecule has 62 heavy (non-hydrogen) atoms. The van der Waals surface area contributed by atoms with E-state index in [1.54, 1.807) is 0 Å². The maximum Gasteiger partial charge on any atom is 0.159 e. The average molecular weight is 792 g/mol. The Morgan fingerprint density at radius 1 is 0.323 bits per heavy atom. The molecule has 13 rings (SSSR count). The Morgan fingerprint density at radius 2 is 0.855 bits per heavy atom.